The van der Waals surface area contributed by atoms with E-state index in [2.05, 4.69) is 37.3 Å². The predicted octanol–water partition coefficient (Wildman–Crippen LogP) is 3.30. The molecule has 0 N–H and O–H groups in total. The van der Waals surface area contributed by atoms with Gasteiger partial charge in [0.15, 0.2) is 0 Å². The van der Waals surface area contributed by atoms with Gasteiger partial charge in [-0.3, -0.25) is 0 Å². The average Bonchev–Trinajstić information content (AvgIpc) is 2.37. The Hall–Kier alpha value is -0.643. The van der Waals surface area contributed by atoms with Crippen molar-refractivity contribution in [1.29, 1.82) is 0 Å². The Bertz CT molecular complexity index is 284. The molecule has 0 aliphatic rings. The van der Waals surface area contributed by atoms with Crippen LogP contribution in [-0.4, -0.2) is 22.5 Å². The van der Waals surface area contributed by atoms with Gasteiger partial charge in [-0.1, -0.05) is 37.3 Å². The molecule has 0 saturated carbocycles. The van der Waals surface area contributed by atoms with E-state index in [1.807, 2.05) is 13.8 Å². The summed E-state index contributed by atoms with van der Waals surface area (Å²) < 4.78 is 11.5. The summed E-state index contributed by atoms with van der Waals surface area (Å²) >= 11 is 0. The zero-order chi connectivity index (χ0) is 12.5. The third kappa shape index (κ3) is 5.48. The summed E-state index contributed by atoms with van der Waals surface area (Å²) in [6.45, 7) is 7.89. The largest absolute Gasteiger partial charge is 0.397 e. The molecular weight excluding hydrogens is 228 g/mol. The molecule has 1 rings (SSSR count). The van der Waals surface area contributed by atoms with Gasteiger partial charge in [-0.05, 0) is 37.8 Å². The zero-order valence-corrected chi connectivity index (χ0v) is 12.3. The maximum atomic E-state index is 5.75. The number of hydrogen-bond acceptors (Lipinski definition) is 2. The van der Waals surface area contributed by atoms with Crippen molar-refractivity contribution < 1.29 is 8.85 Å². The molecule has 0 aliphatic heterocycles. The van der Waals surface area contributed by atoms with E-state index < -0.39 is 9.28 Å². The number of hydrogen-bond donors (Lipinski definition) is 0. The van der Waals surface area contributed by atoms with Crippen molar-refractivity contribution >= 4 is 9.28 Å². The maximum Gasteiger partial charge on any atom is 0.324 e. The van der Waals surface area contributed by atoms with Crippen LogP contribution < -0.4 is 0 Å². The second-order valence-corrected chi connectivity index (χ2v) is 6.82. The van der Waals surface area contributed by atoms with Crippen LogP contribution in [0, 0.1) is 0 Å². The molecule has 17 heavy (non-hydrogen) atoms. The summed E-state index contributed by atoms with van der Waals surface area (Å²) in [5, 5.41) is 0. The van der Waals surface area contributed by atoms with Crippen molar-refractivity contribution in [3.05, 3.63) is 35.9 Å². The first-order chi connectivity index (χ1) is 8.27. The number of benzene rings is 1. The molecule has 96 valence electrons. The second-order valence-electron chi connectivity index (χ2n) is 4.28. The van der Waals surface area contributed by atoms with Gasteiger partial charge in [-0.2, -0.15) is 0 Å². The van der Waals surface area contributed by atoms with Crippen LogP contribution in [0.15, 0.2) is 30.3 Å². The molecule has 0 fully saturated rings. The predicted molar refractivity (Wildman–Crippen MR) is 74.6 cm³/mol. The minimum Gasteiger partial charge on any atom is -0.397 e. The first-order valence-corrected chi connectivity index (χ1v) is 8.16. The van der Waals surface area contributed by atoms with E-state index in [4.69, 9.17) is 8.85 Å². The monoisotopic (exact) mass is 252 g/mol. The van der Waals surface area contributed by atoms with E-state index >= 15 is 0 Å². The fraction of sp³-hybridized carbons (Fsp3) is 0.571. The Morgan fingerprint density at radius 3 is 2.18 bits per heavy atom. The summed E-state index contributed by atoms with van der Waals surface area (Å²) in [4.78, 5) is 0. The molecule has 0 aliphatic carbocycles. The molecule has 0 heterocycles. The van der Waals surface area contributed by atoms with Crippen molar-refractivity contribution in [3.63, 3.8) is 0 Å². The van der Waals surface area contributed by atoms with Crippen molar-refractivity contribution in [1.82, 2.24) is 0 Å². The molecule has 2 nitrogen and oxygen atoms in total. The van der Waals surface area contributed by atoms with Crippen LogP contribution in [0.25, 0.3) is 0 Å². The molecule has 1 unspecified atom stereocenters. The Kier molecular flexibility index (Phi) is 7.16. The fourth-order valence-corrected chi connectivity index (χ4v) is 3.73. The van der Waals surface area contributed by atoms with Crippen LogP contribution in [0.4, 0.5) is 0 Å². The maximum absolute atomic E-state index is 5.75. The lowest BCUT2D eigenvalue weighted by atomic mass is 10.1. The van der Waals surface area contributed by atoms with Crippen LogP contribution >= 0.6 is 0 Å². The summed E-state index contributed by atoms with van der Waals surface area (Å²) in [5.74, 6) is 0. The van der Waals surface area contributed by atoms with Gasteiger partial charge in [-0.15, -0.1) is 0 Å². The minimum atomic E-state index is -1.47. The minimum absolute atomic E-state index is 0.565. The molecular formula is C14H24O2Si. The van der Waals surface area contributed by atoms with E-state index in [-0.39, 0.29) is 0 Å². The van der Waals surface area contributed by atoms with Crippen molar-refractivity contribution in [2.24, 2.45) is 0 Å². The van der Waals surface area contributed by atoms with Gasteiger partial charge in [0.05, 0.1) is 0 Å². The van der Waals surface area contributed by atoms with E-state index in [0.717, 1.165) is 26.1 Å². The highest BCUT2D eigenvalue weighted by Crippen LogP contribution is 2.19. The zero-order valence-electron chi connectivity index (χ0n) is 11.2. The van der Waals surface area contributed by atoms with Gasteiger partial charge in [0.1, 0.15) is 0 Å². The third-order valence-corrected chi connectivity index (χ3v) is 5.44. The Labute approximate surface area is 107 Å². The van der Waals surface area contributed by atoms with Crippen molar-refractivity contribution in [3.8, 4) is 0 Å². The highest BCUT2D eigenvalue weighted by molar-refractivity contribution is 6.46. The van der Waals surface area contributed by atoms with Crippen LogP contribution in [0.1, 0.15) is 32.8 Å². The van der Waals surface area contributed by atoms with Crippen molar-refractivity contribution in [2.75, 3.05) is 13.2 Å². The number of aryl methyl sites for hydroxylation is 1. The summed E-state index contributed by atoms with van der Waals surface area (Å²) in [6.07, 6.45) is 2.27. The Morgan fingerprint density at radius 1 is 1.06 bits per heavy atom. The standard InChI is InChI=1S/C14H24O2Si/c1-4-15-17(16-5-2)13(3)11-12-14-9-7-6-8-10-14/h6-10,13,17H,4-5,11-12H2,1-3H3. The molecule has 0 spiro atoms. The molecule has 0 bridgehead atoms. The van der Waals surface area contributed by atoms with Gasteiger partial charge in [-0.25, -0.2) is 0 Å². The van der Waals surface area contributed by atoms with E-state index in [0.29, 0.717) is 5.54 Å². The van der Waals surface area contributed by atoms with Gasteiger partial charge in [0.2, 0.25) is 0 Å². The second kappa shape index (κ2) is 8.45. The highest BCUT2D eigenvalue weighted by atomic mass is 28.3. The van der Waals surface area contributed by atoms with Crippen LogP contribution in [0.5, 0.6) is 0 Å². The smallest absolute Gasteiger partial charge is 0.324 e. The molecule has 0 saturated heterocycles. The lowest BCUT2D eigenvalue weighted by Crippen LogP contribution is -2.28. The molecule has 1 aromatic rings. The van der Waals surface area contributed by atoms with Crippen LogP contribution in [0.3, 0.4) is 0 Å². The quantitative estimate of drug-likeness (QED) is 0.661. The molecule has 1 atom stereocenters. The summed E-state index contributed by atoms with van der Waals surface area (Å²) in [7, 11) is -1.47. The topological polar surface area (TPSA) is 18.5 Å². The fourth-order valence-electron chi connectivity index (χ4n) is 1.88. The first kappa shape index (κ1) is 14.4. The summed E-state index contributed by atoms with van der Waals surface area (Å²) in [6, 6.07) is 10.6. The van der Waals surface area contributed by atoms with E-state index in [9.17, 15) is 0 Å². The Morgan fingerprint density at radius 2 is 1.65 bits per heavy atom. The van der Waals surface area contributed by atoms with E-state index in [1.54, 1.807) is 0 Å². The first-order valence-electron chi connectivity index (χ1n) is 6.55. The average molecular weight is 252 g/mol. The Balaban J connectivity index is 2.38. The van der Waals surface area contributed by atoms with Crippen LogP contribution in [0.2, 0.25) is 5.54 Å². The van der Waals surface area contributed by atoms with Gasteiger partial charge >= 0.3 is 9.28 Å². The van der Waals surface area contributed by atoms with Gasteiger partial charge in [0, 0.05) is 13.2 Å². The van der Waals surface area contributed by atoms with Gasteiger partial charge < -0.3 is 8.85 Å². The third-order valence-electron chi connectivity index (χ3n) is 2.86. The highest BCUT2D eigenvalue weighted by Gasteiger charge is 2.20. The van der Waals surface area contributed by atoms with Crippen molar-refractivity contribution in [2.45, 2.75) is 39.2 Å². The van der Waals surface area contributed by atoms with E-state index in [1.165, 1.54) is 5.56 Å². The number of rotatable bonds is 8. The lowest BCUT2D eigenvalue weighted by molar-refractivity contribution is 0.204. The normalized spacial score (nSPS) is 12.9. The molecule has 3 heteroatoms. The lowest BCUT2D eigenvalue weighted by Gasteiger charge is -2.21. The molecule has 1 aromatic carbocycles. The molecule has 0 radical (unpaired) electrons. The SMILES string of the molecule is CCO[SiH](OCC)C(C)CCc1ccccc1. The molecule has 0 amide bonds. The molecule has 0 aromatic heterocycles. The summed E-state index contributed by atoms with van der Waals surface area (Å²) in [5.41, 5.74) is 1.97. The van der Waals surface area contributed by atoms with Gasteiger partial charge in [0.25, 0.3) is 0 Å². The van der Waals surface area contributed by atoms with Crippen LogP contribution in [-0.2, 0) is 15.3 Å².